The fraction of sp³-hybridized carbons (Fsp3) is 0.346. The summed E-state index contributed by atoms with van der Waals surface area (Å²) >= 11 is 6.43. The number of hydrogen-bond acceptors (Lipinski definition) is 5. The van der Waals surface area contributed by atoms with Gasteiger partial charge in [0, 0.05) is 55.2 Å². The lowest BCUT2D eigenvalue weighted by atomic mass is 10.0. The van der Waals surface area contributed by atoms with Crippen molar-refractivity contribution in [2.75, 3.05) is 59.0 Å². The number of carbonyl (C=O) groups excluding carboxylic acids is 2. The molecule has 0 bridgehead atoms. The molecule has 0 radical (unpaired) electrons. The van der Waals surface area contributed by atoms with Crippen molar-refractivity contribution in [2.24, 2.45) is 0 Å². The first-order chi connectivity index (χ1) is 16.6. The summed E-state index contributed by atoms with van der Waals surface area (Å²) < 4.78 is 5.33. The minimum Gasteiger partial charge on any atom is -0.378 e. The van der Waals surface area contributed by atoms with Crippen LogP contribution < -0.4 is 0 Å². The molecular formula is C26H27ClN4O3. The Morgan fingerprint density at radius 2 is 1.59 bits per heavy atom. The van der Waals surface area contributed by atoms with Crippen LogP contribution in [-0.2, 0) is 9.53 Å². The van der Waals surface area contributed by atoms with Crippen LogP contribution >= 0.6 is 11.6 Å². The summed E-state index contributed by atoms with van der Waals surface area (Å²) in [5.74, 6) is 0.110. The first-order valence-corrected chi connectivity index (χ1v) is 12.0. The summed E-state index contributed by atoms with van der Waals surface area (Å²) in [6.07, 6.45) is 0. The Hall–Kier alpha value is -3.00. The Labute approximate surface area is 203 Å². The van der Waals surface area contributed by atoms with Crippen LogP contribution in [-0.4, -0.2) is 90.5 Å². The van der Waals surface area contributed by atoms with E-state index in [2.05, 4.69) is 4.90 Å². The third kappa shape index (κ3) is 4.78. The van der Waals surface area contributed by atoms with Crippen molar-refractivity contribution in [2.45, 2.75) is 0 Å². The number of hydrogen-bond donors (Lipinski definition) is 0. The van der Waals surface area contributed by atoms with Crippen LogP contribution in [0.4, 0.5) is 0 Å². The molecule has 0 spiro atoms. The Morgan fingerprint density at radius 1 is 0.882 bits per heavy atom. The molecule has 2 aliphatic rings. The molecule has 5 rings (SSSR count). The number of aromatic nitrogens is 1. The van der Waals surface area contributed by atoms with E-state index in [4.69, 9.17) is 21.3 Å². The van der Waals surface area contributed by atoms with E-state index >= 15 is 0 Å². The highest BCUT2D eigenvalue weighted by Crippen LogP contribution is 2.30. The van der Waals surface area contributed by atoms with Gasteiger partial charge in [0.15, 0.2) is 0 Å². The number of morpholine rings is 1. The van der Waals surface area contributed by atoms with Gasteiger partial charge in [-0.05, 0) is 18.2 Å². The molecule has 0 aliphatic carbocycles. The maximum atomic E-state index is 13.6. The Morgan fingerprint density at radius 3 is 2.35 bits per heavy atom. The van der Waals surface area contributed by atoms with Crippen LogP contribution in [0.1, 0.15) is 10.4 Å². The molecule has 0 unspecified atom stereocenters. The van der Waals surface area contributed by atoms with Crippen LogP contribution in [0, 0.1) is 0 Å². The molecule has 2 fully saturated rings. The first kappa shape index (κ1) is 22.8. The topological polar surface area (TPSA) is 66.0 Å². The Balaban J connectivity index is 1.33. The summed E-state index contributed by atoms with van der Waals surface area (Å²) in [5.41, 5.74) is 2.87. The SMILES string of the molecule is O=C(CN1CCN(C(=O)c2cc(-c3ccccc3Cl)nc3ccccc23)CC1)N1CCOCC1. The zero-order valence-corrected chi connectivity index (χ0v) is 19.7. The molecule has 2 saturated heterocycles. The number of nitrogens with zero attached hydrogens (tertiary/aromatic N) is 4. The van der Waals surface area contributed by atoms with E-state index < -0.39 is 0 Å². The number of halogens is 1. The van der Waals surface area contributed by atoms with E-state index in [0.717, 1.165) is 16.5 Å². The minimum atomic E-state index is -0.0222. The highest BCUT2D eigenvalue weighted by atomic mass is 35.5. The summed E-state index contributed by atoms with van der Waals surface area (Å²) in [5, 5.41) is 1.43. The average molecular weight is 479 g/mol. The van der Waals surface area contributed by atoms with Crippen molar-refractivity contribution in [1.82, 2.24) is 19.7 Å². The fourth-order valence-electron chi connectivity index (χ4n) is 4.54. The highest BCUT2D eigenvalue weighted by molar-refractivity contribution is 6.33. The third-order valence-corrected chi connectivity index (χ3v) is 6.81. The summed E-state index contributed by atoms with van der Waals surface area (Å²) in [4.78, 5) is 36.8. The average Bonchev–Trinajstić information content (AvgIpc) is 2.89. The lowest BCUT2D eigenvalue weighted by Gasteiger charge is -2.36. The Bertz CT molecular complexity index is 1200. The minimum absolute atomic E-state index is 0.0222. The number of piperazine rings is 1. The summed E-state index contributed by atoms with van der Waals surface area (Å²) in [6, 6.07) is 17.1. The third-order valence-electron chi connectivity index (χ3n) is 6.48. The molecule has 34 heavy (non-hydrogen) atoms. The van der Waals surface area contributed by atoms with Crippen molar-refractivity contribution in [3.63, 3.8) is 0 Å². The van der Waals surface area contributed by atoms with Crippen molar-refractivity contribution in [3.8, 4) is 11.3 Å². The van der Waals surface area contributed by atoms with E-state index in [9.17, 15) is 9.59 Å². The molecule has 176 valence electrons. The predicted octanol–water partition coefficient (Wildman–Crippen LogP) is 3.17. The van der Waals surface area contributed by atoms with Crippen molar-refractivity contribution in [1.29, 1.82) is 0 Å². The zero-order chi connectivity index (χ0) is 23.5. The van der Waals surface area contributed by atoms with Crippen molar-refractivity contribution >= 4 is 34.3 Å². The van der Waals surface area contributed by atoms with Gasteiger partial charge in [-0.25, -0.2) is 4.98 Å². The van der Waals surface area contributed by atoms with E-state index in [1.807, 2.05) is 64.4 Å². The maximum absolute atomic E-state index is 13.6. The molecule has 8 heteroatoms. The molecule has 2 aliphatic heterocycles. The lowest BCUT2D eigenvalue weighted by Crippen LogP contribution is -2.52. The number of benzene rings is 2. The molecule has 2 aromatic carbocycles. The van der Waals surface area contributed by atoms with E-state index in [-0.39, 0.29) is 11.8 Å². The quantitative estimate of drug-likeness (QED) is 0.576. The molecule has 7 nitrogen and oxygen atoms in total. The summed E-state index contributed by atoms with van der Waals surface area (Å²) in [7, 11) is 0. The molecular weight excluding hydrogens is 452 g/mol. The Kier molecular flexibility index (Phi) is 6.76. The standard InChI is InChI=1S/C26H27ClN4O3/c27-22-7-3-1-6-20(22)24-17-21(19-5-2-4-8-23(19)28-24)26(33)31-11-9-29(10-12-31)18-25(32)30-13-15-34-16-14-30/h1-8,17H,9-16,18H2. The van der Waals surface area contributed by atoms with Gasteiger partial charge >= 0.3 is 0 Å². The van der Waals surface area contributed by atoms with Gasteiger partial charge < -0.3 is 14.5 Å². The number of carbonyl (C=O) groups is 2. The second-order valence-electron chi connectivity index (χ2n) is 8.61. The lowest BCUT2D eigenvalue weighted by molar-refractivity contribution is -0.136. The molecule has 0 atom stereocenters. The number of amides is 2. The second kappa shape index (κ2) is 10.1. The summed E-state index contributed by atoms with van der Waals surface area (Å²) in [6.45, 7) is 5.39. The number of para-hydroxylation sites is 1. The van der Waals surface area contributed by atoms with Gasteiger partial charge in [-0.15, -0.1) is 0 Å². The van der Waals surface area contributed by atoms with Crippen LogP contribution in [0.3, 0.4) is 0 Å². The molecule has 3 heterocycles. The number of pyridine rings is 1. The largest absolute Gasteiger partial charge is 0.378 e. The molecule has 3 aromatic rings. The van der Waals surface area contributed by atoms with Crippen LogP contribution in [0.2, 0.25) is 5.02 Å². The van der Waals surface area contributed by atoms with Crippen LogP contribution in [0.25, 0.3) is 22.2 Å². The van der Waals surface area contributed by atoms with Gasteiger partial charge in [0.25, 0.3) is 5.91 Å². The van der Waals surface area contributed by atoms with Gasteiger partial charge in [-0.3, -0.25) is 14.5 Å². The number of ether oxygens (including phenoxy) is 1. The predicted molar refractivity (Wildman–Crippen MR) is 132 cm³/mol. The van der Waals surface area contributed by atoms with Crippen LogP contribution in [0.5, 0.6) is 0 Å². The molecule has 0 saturated carbocycles. The van der Waals surface area contributed by atoms with Gasteiger partial charge in [-0.2, -0.15) is 0 Å². The van der Waals surface area contributed by atoms with Crippen molar-refractivity contribution in [3.05, 3.63) is 65.2 Å². The first-order valence-electron chi connectivity index (χ1n) is 11.6. The number of fused-ring (bicyclic) bond motifs is 1. The molecule has 0 N–H and O–H groups in total. The number of rotatable bonds is 4. The normalized spacial score (nSPS) is 17.2. The van der Waals surface area contributed by atoms with E-state index in [1.165, 1.54) is 0 Å². The monoisotopic (exact) mass is 478 g/mol. The molecule has 2 amide bonds. The highest BCUT2D eigenvalue weighted by Gasteiger charge is 2.27. The van der Waals surface area contributed by atoms with Crippen LogP contribution in [0.15, 0.2) is 54.6 Å². The zero-order valence-electron chi connectivity index (χ0n) is 19.0. The van der Waals surface area contributed by atoms with Crippen molar-refractivity contribution < 1.29 is 14.3 Å². The van der Waals surface area contributed by atoms with E-state index in [1.54, 1.807) is 0 Å². The van der Waals surface area contributed by atoms with Gasteiger partial charge in [0.1, 0.15) is 0 Å². The van der Waals surface area contributed by atoms with Gasteiger partial charge in [-0.1, -0.05) is 48.0 Å². The van der Waals surface area contributed by atoms with Gasteiger partial charge in [0.2, 0.25) is 5.91 Å². The maximum Gasteiger partial charge on any atom is 0.254 e. The van der Waals surface area contributed by atoms with E-state index in [0.29, 0.717) is 75.3 Å². The van der Waals surface area contributed by atoms with Gasteiger partial charge in [0.05, 0.1) is 36.5 Å². The molecule has 1 aromatic heterocycles. The second-order valence-corrected chi connectivity index (χ2v) is 9.02. The fourth-order valence-corrected chi connectivity index (χ4v) is 4.78. The smallest absolute Gasteiger partial charge is 0.254 e.